The quantitative estimate of drug-likeness (QED) is 0.300. The molecule has 2 heterocycles. The topological polar surface area (TPSA) is 59.2 Å². The number of aryl methyl sites for hydroxylation is 1. The van der Waals surface area contributed by atoms with Crippen LogP contribution in [0.15, 0.2) is 60.0 Å². The Bertz CT molecular complexity index is 884. The Labute approximate surface area is 181 Å². The summed E-state index contributed by atoms with van der Waals surface area (Å²) in [6.07, 6.45) is 6.74. The molecular weight excluding hydrogens is 470 g/mol. The van der Waals surface area contributed by atoms with Crippen LogP contribution in [0.4, 0.5) is 4.39 Å². The molecule has 0 saturated heterocycles. The Morgan fingerprint density at radius 2 is 1.89 bits per heavy atom. The Morgan fingerprint density at radius 1 is 1.11 bits per heavy atom. The van der Waals surface area contributed by atoms with Gasteiger partial charge in [0.2, 0.25) is 0 Å². The molecule has 28 heavy (non-hydrogen) atoms. The SMILES string of the molecule is CCNC(=NCc1ccn(C)c1)NCCc1ccn(-c2ccc(F)cc2)n1.I. The summed E-state index contributed by atoms with van der Waals surface area (Å²) in [6.45, 7) is 4.21. The second kappa shape index (κ2) is 10.8. The van der Waals surface area contributed by atoms with E-state index in [1.165, 1.54) is 17.7 Å². The van der Waals surface area contributed by atoms with Crippen LogP contribution in [0.2, 0.25) is 0 Å². The van der Waals surface area contributed by atoms with E-state index in [2.05, 4.69) is 33.0 Å². The van der Waals surface area contributed by atoms with Crippen molar-refractivity contribution in [2.24, 2.45) is 12.0 Å². The molecule has 0 radical (unpaired) electrons. The number of hydrogen-bond donors (Lipinski definition) is 2. The van der Waals surface area contributed by atoms with E-state index in [4.69, 9.17) is 0 Å². The van der Waals surface area contributed by atoms with E-state index >= 15 is 0 Å². The van der Waals surface area contributed by atoms with Gasteiger partial charge in [0.1, 0.15) is 5.82 Å². The minimum atomic E-state index is -0.249. The molecule has 0 atom stereocenters. The van der Waals surface area contributed by atoms with Crippen LogP contribution >= 0.6 is 24.0 Å². The zero-order chi connectivity index (χ0) is 19.1. The molecule has 0 aliphatic carbocycles. The molecule has 150 valence electrons. The summed E-state index contributed by atoms with van der Waals surface area (Å²) in [4.78, 5) is 4.61. The van der Waals surface area contributed by atoms with Gasteiger partial charge in [0.05, 0.1) is 17.9 Å². The summed E-state index contributed by atoms with van der Waals surface area (Å²) in [5.41, 5.74) is 2.98. The van der Waals surface area contributed by atoms with Crippen molar-refractivity contribution in [3.63, 3.8) is 0 Å². The fourth-order valence-electron chi connectivity index (χ4n) is 2.71. The lowest BCUT2D eigenvalue weighted by Crippen LogP contribution is -2.38. The smallest absolute Gasteiger partial charge is 0.191 e. The first-order valence-corrected chi connectivity index (χ1v) is 9.07. The van der Waals surface area contributed by atoms with Crippen LogP contribution in [-0.2, 0) is 20.0 Å². The van der Waals surface area contributed by atoms with Gasteiger partial charge in [0, 0.05) is 45.1 Å². The van der Waals surface area contributed by atoms with Crippen LogP contribution < -0.4 is 10.6 Å². The predicted molar refractivity (Wildman–Crippen MR) is 121 cm³/mol. The number of benzene rings is 1. The van der Waals surface area contributed by atoms with Crippen molar-refractivity contribution in [1.29, 1.82) is 0 Å². The second-order valence-electron chi connectivity index (χ2n) is 6.29. The third-order valence-corrected chi connectivity index (χ3v) is 4.07. The molecule has 0 aliphatic heterocycles. The van der Waals surface area contributed by atoms with Crippen LogP contribution in [0.5, 0.6) is 0 Å². The highest BCUT2D eigenvalue weighted by Gasteiger charge is 2.03. The molecule has 0 saturated carbocycles. The third-order valence-electron chi connectivity index (χ3n) is 4.07. The zero-order valence-electron chi connectivity index (χ0n) is 16.1. The van der Waals surface area contributed by atoms with E-state index in [1.807, 2.05) is 37.0 Å². The maximum absolute atomic E-state index is 13.0. The molecule has 6 nitrogen and oxygen atoms in total. The molecule has 0 aliphatic rings. The first-order valence-electron chi connectivity index (χ1n) is 9.07. The van der Waals surface area contributed by atoms with E-state index < -0.39 is 0 Å². The third kappa shape index (κ3) is 6.36. The maximum atomic E-state index is 13.0. The summed E-state index contributed by atoms with van der Waals surface area (Å²) in [5.74, 6) is 0.542. The Hall–Kier alpha value is -2.36. The molecule has 0 unspecified atom stereocenters. The zero-order valence-corrected chi connectivity index (χ0v) is 18.4. The van der Waals surface area contributed by atoms with Crippen molar-refractivity contribution < 1.29 is 4.39 Å². The van der Waals surface area contributed by atoms with E-state index in [0.29, 0.717) is 6.54 Å². The van der Waals surface area contributed by atoms with Gasteiger partial charge in [-0.3, -0.25) is 0 Å². The van der Waals surface area contributed by atoms with Crippen molar-refractivity contribution in [3.05, 3.63) is 72.1 Å². The molecule has 3 rings (SSSR count). The fraction of sp³-hybridized carbons (Fsp3) is 0.300. The van der Waals surface area contributed by atoms with Gasteiger partial charge in [-0.15, -0.1) is 24.0 Å². The van der Waals surface area contributed by atoms with E-state index in [9.17, 15) is 4.39 Å². The summed E-state index contributed by atoms with van der Waals surface area (Å²) in [5, 5.41) is 11.1. The average Bonchev–Trinajstić information content (AvgIpc) is 3.29. The summed E-state index contributed by atoms with van der Waals surface area (Å²) in [7, 11) is 2.00. The van der Waals surface area contributed by atoms with Gasteiger partial charge in [-0.1, -0.05) is 0 Å². The van der Waals surface area contributed by atoms with Gasteiger partial charge in [0.25, 0.3) is 0 Å². The van der Waals surface area contributed by atoms with Gasteiger partial charge < -0.3 is 15.2 Å². The van der Waals surface area contributed by atoms with Crippen molar-refractivity contribution >= 4 is 29.9 Å². The lowest BCUT2D eigenvalue weighted by atomic mass is 10.3. The first-order chi connectivity index (χ1) is 13.1. The minimum Gasteiger partial charge on any atom is -0.357 e. The lowest BCUT2D eigenvalue weighted by Gasteiger charge is -2.10. The Kier molecular flexibility index (Phi) is 8.49. The van der Waals surface area contributed by atoms with E-state index in [1.54, 1.807) is 16.8 Å². The van der Waals surface area contributed by atoms with Crippen LogP contribution in [0.25, 0.3) is 5.69 Å². The van der Waals surface area contributed by atoms with Gasteiger partial charge >= 0.3 is 0 Å². The van der Waals surface area contributed by atoms with Gasteiger partial charge in [-0.05, 0) is 48.9 Å². The number of hydrogen-bond acceptors (Lipinski definition) is 2. The predicted octanol–water partition coefficient (Wildman–Crippen LogP) is 3.27. The summed E-state index contributed by atoms with van der Waals surface area (Å²) in [6, 6.07) is 10.3. The van der Waals surface area contributed by atoms with Crippen molar-refractivity contribution in [3.8, 4) is 5.69 Å². The number of rotatable bonds is 7. The van der Waals surface area contributed by atoms with Crippen LogP contribution in [0.1, 0.15) is 18.2 Å². The molecule has 2 aromatic heterocycles. The van der Waals surface area contributed by atoms with Crippen LogP contribution in [-0.4, -0.2) is 33.4 Å². The van der Waals surface area contributed by atoms with E-state index in [0.717, 1.165) is 36.9 Å². The standard InChI is InChI=1S/C20H25FN6.HI/c1-3-22-20(24-14-16-9-12-26(2)15-16)23-11-8-18-10-13-27(25-18)19-6-4-17(21)5-7-19;/h4-7,9-10,12-13,15H,3,8,11,14H2,1-2H3,(H2,22,23,24);1H. The van der Waals surface area contributed by atoms with Gasteiger partial charge in [0.15, 0.2) is 5.96 Å². The largest absolute Gasteiger partial charge is 0.357 e. The summed E-state index contributed by atoms with van der Waals surface area (Å²) >= 11 is 0. The molecule has 0 bridgehead atoms. The minimum absolute atomic E-state index is 0. The van der Waals surface area contributed by atoms with Crippen molar-refractivity contribution in [2.75, 3.05) is 13.1 Å². The highest BCUT2D eigenvalue weighted by Crippen LogP contribution is 2.09. The monoisotopic (exact) mass is 496 g/mol. The molecule has 3 aromatic rings. The average molecular weight is 496 g/mol. The highest BCUT2D eigenvalue weighted by molar-refractivity contribution is 14.0. The molecule has 0 fully saturated rings. The van der Waals surface area contributed by atoms with Gasteiger partial charge in [-0.2, -0.15) is 5.10 Å². The highest BCUT2D eigenvalue weighted by atomic mass is 127. The Morgan fingerprint density at radius 3 is 2.57 bits per heavy atom. The second-order valence-corrected chi connectivity index (χ2v) is 6.29. The molecule has 1 aromatic carbocycles. The van der Waals surface area contributed by atoms with Gasteiger partial charge in [-0.25, -0.2) is 14.1 Å². The number of nitrogens with one attached hydrogen (secondary N) is 2. The van der Waals surface area contributed by atoms with Crippen molar-refractivity contribution in [2.45, 2.75) is 19.9 Å². The Balaban J connectivity index is 0.00000280. The molecule has 0 spiro atoms. The molecule has 0 amide bonds. The normalized spacial score (nSPS) is 11.2. The molecule has 2 N–H and O–H groups in total. The number of aliphatic imine (C=N–C) groups is 1. The number of aromatic nitrogens is 3. The number of nitrogens with zero attached hydrogens (tertiary/aromatic N) is 4. The first kappa shape index (κ1) is 21.9. The van der Waals surface area contributed by atoms with Crippen molar-refractivity contribution in [1.82, 2.24) is 25.0 Å². The van der Waals surface area contributed by atoms with Crippen LogP contribution in [0, 0.1) is 5.82 Å². The fourth-order valence-corrected chi connectivity index (χ4v) is 2.71. The number of guanidine groups is 1. The molecular formula is C20H26FIN6. The maximum Gasteiger partial charge on any atom is 0.191 e. The summed E-state index contributed by atoms with van der Waals surface area (Å²) < 4.78 is 16.8. The molecule has 8 heteroatoms. The van der Waals surface area contributed by atoms with Crippen LogP contribution in [0.3, 0.4) is 0 Å². The number of halogens is 2. The lowest BCUT2D eigenvalue weighted by molar-refractivity contribution is 0.627. The van der Waals surface area contributed by atoms with E-state index in [-0.39, 0.29) is 29.8 Å².